The number of hydrogen-bond donors (Lipinski definition) is 3. The fourth-order valence-corrected chi connectivity index (χ4v) is 10.2. The minimum Gasteiger partial charge on any atom is -0.496 e. The topological polar surface area (TPSA) is 192 Å². The van der Waals surface area contributed by atoms with Gasteiger partial charge in [0.15, 0.2) is 6.61 Å². The summed E-state index contributed by atoms with van der Waals surface area (Å²) >= 11 is 0. The highest BCUT2D eigenvalue weighted by atomic mass is 32.2. The van der Waals surface area contributed by atoms with Gasteiger partial charge in [0, 0.05) is 29.9 Å². The molecule has 2 aromatic rings. The average molecular weight is 878 g/mol. The van der Waals surface area contributed by atoms with Crippen LogP contribution in [0.3, 0.4) is 0 Å². The van der Waals surface area contributed by atoms with E-state index in [1.807, 2.05) is 13.8 Å². The van der Waals surface area contributed by atoms with Crippen molar-refractivity contribution in [1.29, 1.82) is 0 Å². The van der Waals surface area contributed by atoms with Crippen molar-refractivity contribution < 1.29 is 59.7 Å². The van der Waals surface area contributed by atoms with Gasteiger partial charge in [-0.2, -0.15) is 13.2 Å². The number of carbonyl (C=O) groups excluding carboxylic acids is 4. The van der Waals surface area contributed by atoms with Crippen LogP contribution in [0.2, 0.25) is 0 Å². The fourth-order valence-electron chi connectivity index (χ4n) is 8.82. The van der Waals surface area contributed by atoms with Crippen molar-refractivity contribution in [2.24, 2.45) is 17.3 Å². The second-order valence-corrected chi connectivity index (χ2v) is 19.8. The summed E-state index contributed by atoms with van der Waals surface area (Å²) in [5.74, 6) is -3.00. The van der Waals surface area contributed by atoms with Gasteiger partial charge >= 0.3 is 12.3 Å². The first kappa shape index (κ1) is 44.3. The predicted octanol–water partition coefficient (Wildman–Crippen LogP) is 5.24. The molecule has 4 bridgehead atoms. The maximum Gasteiger partial charge on any atom is 0.422 e. The molecule has 3 heterocycles. The Hall–Kier alpha value is -4.81. The molecule has 2 aliphatic heterocycles. The van der Waals surface area contributed by atoms with E-state index >= 15 is 0 Å². The van der Waals surface area contributed by atoms with Crippen LogP contribution in [0.1, 0.15) is 90.0 Å². The van der Waals surface area contributed by atoms with Crippen molar-refractivity contribution in [1.82, 2.24) is 25.2 Å². The van der Waals surface area contributed by atoms with Crippen LogP contribution < -0.4 is 29.6 Å². The highest BCUT2D eigenvalue weighted by molar-refractivity contribution is 7.91. The van der Waals surface area contributed by atoms with Crippen molar-refractivity contribution in [2.45, 2.75) is 126 Å². The van der Waals surface area contributed by atoms with Crippen LogP contribution in [0.4, 0.5) is 18.0 Å². The summed E-state index contributed by atoms with van der Waals surface area (Å²) in [4.78, 5) is 62.3. The number of amides is 4. The first-order chi connectivity index (χ1) is 28.8. The Morgan fingerprint density at radius 3 is 2.49 bits per heavy atom. The first-order valence-electron chi connectivity index (χ1n) is 20.9. The van der Waals surface area contributed by atoms with Crippen LogP contribution in [-0.4, -0.2) is 104 Å². The zero-order valence-electron chi connectivity index (χ0n) is 34.6. The summed E-state index contributed by atoms with van der Waals surface area (Å²) in [5.41, 5.74) is -1.16. The normalized spacial score (nSPS) is 27.5. The molecule has 7 rings (SSSR count). The van der Waals surface area contributed by atoms with Crippen molar-refractivity contribution in [3.05, 3.63) is 36.4 Å². The van der Waals surface area contributed by atoms with Gasteiger partial charge in [-0.25, -0.2) is 18.2 Å². The molecule has 4 fully saturated rings. The summed E-state index contributed by atoms with van der Waals surface area (Å²) in [6.07, 6.45) is 1.43. The zero-order chi connectivity index (χ0) is 43.9. The number of nitrogens with one attached hydrogen (secondary N) is 3. The molecule has 0 radical (unpaired) electrons. The molecule has 0 spiro atoms. The summed E-state index contributed by atoms with van der Waals surface area (Å²) < 4.78 is 90.8. The summed E-state index contributed by atoms with van der Waals surface area (Å²) in [7, 11) is -2.51. The van der Waals surface area contributed by atoms with Gasteiger partial charge < -0.3 is 34.5 Å². The van der Waals surface area contributed by atoms with E-state index in [9.17, 15) is 40.8 Å². The maximum atomic E-state index is 14.9. The Morgan fingerprint density at radius 2 is 1.84 bits per heavy atom. The molecule has 3 saturated carbocycles. The second-order valence-electron chi connectivity index (χ2n) is 17.8. The number of alkyl halides is 3. The van der Waals surface area contributed by atoms with Gasteiger partial charge in [-0.3, -0.25) is 19.1 Å². The molecule has 15 nitrogen and oxygen atoms in total. The minimum atomic E-state index is -4.67. The molecule has 61 heavy (non-hydrogen) atoms. The van der Waals surface area contributed by atoms with Crippen LogP contribution in [0, 0.1) is 17.3 Å². The Bertz CT molecular complexity index is 2160. The van der Waals surface area contributed by atoms with Gasteiger partial charge in [0.1, 0.15) is 35.2 Å². The van der Waals surface area contributed by atoms with E-state index in [1.54, 1.807) is 12.1 Å². The molecule has 334 valence electrons. The Balaban J connectivity index is 1.28. The van der Waals surface area contributed by atoms with E-state index in [1.165, 1.54) is 24.2 Å². The van der Waals surface area contributed by atoms with E-state index in [-0.39, 0.29) is 49.1 Å². The molecule has 1 aromatic carbocycles. The lowest BCUT2D eigenvalue weighted by Crippen LogP contribution is -2.59. The standard InChI is InChI=1S/C42H54F3N5O10S/c1-5-26-20-41(26,38(53)49-61(55,56)28-13-14-28)48-36(51)31-17-27-21-50(31)37(52)35(24-10-7-6-8-11-24)47-39(54)59-22-40(2,3)15-9-12-25-16-29-30(18-32(25)57-4)46-34(19-33(29)60-27)58-23-42(43,44)45/h5,16,18-19,24,26-28,31,35H,1,6-15,17,20-23H2,2-4H3,(H,47,54)(H,48,51)(H,49,53)/t26-,27-,31+,35+,41-/m1/s1. The van der Waals surface area contributed by atoms with Crippen molar-refractivity contribution >= 4 is 44.7 Å². The van der Waals surface area contributed by atoms with Gasteiger partial charge in [-0.05, 0) is 74.3 Å². The molecule has 4 amide bonds. The molecular formula is C42H54F3N5O10S. The lowest BCUT2D eigenvalue weighted by Gasteiger charge is -2.35. The summed E-state index contributed by atoms with van der Waals surface area (Å²) in [6, 6.07) is 2.23. The molecule has 0 unspecified atom stereocenters. The number of halogens is 3. The quantitative estimate of drug-likeness (QED) is 0.265. The van der Waals surface area contributed by atoms with Crippen LogP contribution in [0.25, 0.3) is 10.9 Å². The maximum absolute atomic E-state index is 14.9. The smallest absolute Gasteiger partial charge is 0.422 e. The highest BCUT2D eigenvalue weighted by Gasteiger charge is 2.62. The number of alkyl carbamates (subject to hydrolysis) is 1. The number of carbonyl (C=O) groups is 4. The SMILES string of the molecule is C=C[C@@H]1C[C@]1(NC(=O)[C@@H]1C[C@@H]2CN1C(=O)[C@H](C1CCCCC1)NC(=O)OCC(C)(C)CCCc1cc3c(cc(OCC(F)(F)F)nc3cc1OC)O2)C(=O)NS(=O)(=O)C1CC1. The van der Waals surface area contributed by atoms with Gasteiger partial charge in [0.2, 0.25) is 27.7 Å². The number of aromatic nitrogens is 1. The number of nitrogens with zero attached hydrogens (tertiary/aromatic N) is 2. The van der Waals surface area contributed by atoms with Gasteiger partial charge in [-0.15, -0.1) is 6.58 Å². The van der Waals surface area contributed by atoms with Crippen molar-refractivity contribution in [2.75, 3.05) is 26.9 Å². The van der Waals surface area contributed by atoms with Crippen LogP contribution in [0.5, 0.6) is 17.4 Å². The van der Waals surface area contributed by atoms with Crippen LogP contribution >= 0.6 is 0 Å². The van der Waals surface area contributed by atoms with Gasteiger partial charge in [-0.1, -0.05) is 39.2 Å². The van der Waals surface area contributed by atoms with E-state index in [0.29, 0.717) is 56.1 Å². The minimum absolute atomic E-state index is 0.0454. The van der Waals surface area contributed by atoms with Crippen molar-refractivity contribution in [3.8, 4) is 17.4 Å². The number of cyclic esters (lactones) is 1. The zero-order valence-corrected chi connectivity index (χ0v) is 35.4. The summed E-state index contributed by atoms with van der Waals surface area (Å²) in [5, 5.41) is 5.31. The molecular weight excluding hydrogens is 824 g/mol. The molecule has 5 aliphatic rings. The van der Waals surface area contributed by atoms with Crippen LogP contribution in [-0.2, 0) is 35.6 Å². The van der Waals surface area contributed by atoms with Gasteiger partial charge in [0.05, 0.1) is 31.0 Å². The van der Waals surface area contributed by atoms with E-state index in [0.717, 1.165) is 24.8 Å². The third kappa shape index (κ3) is 10.1. The molecule has 3 aliphatic carbocycles. The third-order valence-corrected chi connectivity index (χ3v) is 14.3. The second kappa shape index (κ2) is 17.2. The monoisotopic (exact) mass is 877 g/mol. The molecule has 19 heteroatoms. The first-order valence-corrected chi connectivity index (χ1v) is 22.5. The Morgan fingerprint density at radius 1 is 1.10 bits per heavy atom. The number of hydrogen-bond acceptors (Lipinski definition) is 11. The number of pyridine rings is 1. The van der Waals surface area contributed by atoms with E-state index in [4.69, 9.17) is 18.9 Å². The Labute approximate surface area is 352 Å². The largest absolute Gasteiger partial charge is 0.496 e. The number of aryl methyl sites for hydroxylation is 1. The third-order valence-electron chi connectivity index (χ3n) is 12.5. The highest BCUT2D eigenvalue weighted by Crippen LogP contribution is 2.46. The number of ether oxygens (including phenoxy) is 4. The fraction of sp³-hybridized carbons (Fsp3) is 0.643. The predicted molar refractivity (Wildman–Crippen MR) is 215 cm³/mol. The molecule has 5 atom stereocenters. The van der Waals surface area contributed by atoms with E-state index in [2.05, 4.69) is 26.9 Å². The number of benzene rings is 1. The van der Waals surface area contributed by atoms with Gasteiger partial charge in [0.25, 0.3) is 5.91 Å². The molecule has 1 aromatic heterocycles. The Kier molecular flexibility index (Phi) is 12.4. The molecule has 3 N–H and O–H groups in total. The number of fused-ring (bicyclic) bond motifs is 3. The van der Waals surface area contributed by atoms with E-state index < -0.39 is 86.9 Å². The lowest BCUT2D eigenvalue weighted by molar-refractivity contribution is -0.154. The average Bonchev–Trinajstić information content (AvgIpc) is 4.14. The number of rotatable bonds is 10. The van der Waals surface area contributed by atoms with Crippen molar-refractivity contribution in [3.63, 3.8) is 0 Å². The molecule has 1 saturated heterocycles. The number of sulfonamides is 1. The van der Waals surface area contributed by atoms with Crippen LogP contribution in [0.15, 0.2) is 30.9 Å². The number of methoxy groups -OCH3 is 1. The lowest BCUT2D eigenvalue weighted by atomic mass is 9.83. The summed E-state index contributed by atoms with van der Waals surface area (Å²) in [6.45, 7) is 5.90.